The second kappa shape index (κ2) is 10.3. The summed E-state index contributed by atoms with van der Waals surface area (Å²) >= 11 is 7.51. The summed E-state index contributed by atoms with van der Waals surface area (Å²) in [6.45, 7) is 2.40. The van der Waals surface area contributed by atoms with Crippen molar-refractivity contribution in [3.8, 4) is 5.75 Å². The van der Waals surface area contributed by atoms with Crippen molar-refractivity contribution in [1.29, 1.82) is 0 Å². The second-order valence-electron chi connectivity index (χ2n) is 5.37. The molecule has 1 amide bonds. The standard InChI is InChI=1S/C19H21ClFNO2S/c1-2-18(24-14-7-4-3-5-8-14)19(23)22-11-12-25-13-15-16(20)9-6-10-17(15)21/h3-10,18H,2,11-13H2,1H3,(H,22,23)/t18-/m0/s1. The number of amides is 1. The van der Waals surface area contributed by atoms with Gasteiger partial charge in [0.25, 0.3) is 5.91 Å². The minimum absolute atomic E-state index is 0.143. The number of hydrogen-bond donors (Lipinski definition) is 1. The van der Waals surface area contributed by atoms with Gasteiger partial charge < -0.3 is 10.1 Å². The van der Waals surface area contributed by atoms with Crippen LogP contribution in [-0.4, -0.2) is 24.3 Å². The van der Waals surface area contributed by atoms with Crippen molar-refractivity contribution < 1.29 is 13.9 Å². The molecule has 0 fully saturated rings. The number of carbonyl (C=O) groups is 1. The van der Waals surface area contributed by atoms with Gasteiger partial charge >= 0.3 is 0 Å². The molecule has 2 aromatic carbocycles. The van der Waals surface area contributed by atoms with E-state index in [4.69, 9.17) is 16.3 Å². The number of thioether (sulfide) groups is 1. The van der Waals surface area contributed by atoms with Gasteiger partial charge in [0.05, 0.1) is 0 Å². The third-order valence-electron chi connectivity index (χ3n) is 3.54. The van der Waals surface area contributed by atoms with Crippen molar-refractivity contribution in [2.45, 2.75) is 25.2 Å². The first-order valence-electron chi connectivity index (χ1n) is 8.12. The maximum absolute atomic E-state index is 13.7. The molecule has 0 saturated carbocycles. The van der Waals surface area contributed by atoms with E-state index in [0.717, 1.165) is 0 Å². The number of ether oxygens (including phenoxy) is 1. The van der Waals surface area contributed by atoms with Gasteiger partial charge in [0.2, 0.25) is 0 Å². The fraction of sp³-hybridized carbons (Fsp3) is 0.316. The van der Waals surface area contributed by atoms with Crippen molar-refractivity contribution >= 4 is 29.3 Å². The molecule has 0 aliphatic heterocycles. The maximum atomic E-state index is 13.7. The molecule has 0 heterocycles. The summed E-state index contributed by atoms with van der Waals surface area (Å²) in [7, 11) is 0. The number of carbonyl (C=O) groups excluding carboxylic acids is 1. The minimum Gasteiger partial charge on any atom is -0.481 e. The number of rotatable bonds is 9. The van der Waals surface area contributed by atoms with E-state index in [2.05, 4.69) is 5.32 Å². The molecule has 0 bridgehead atoms. The molecule has 0 aliphatic carbocycles. The molecule has 134 valence electrons. The van der Waals surface area contributed by atoms with Gasteiger partial charge in [-0.3, -0.25) is 4.79 Å². The van der Waals surface area contributed by atoms with E-state index in [9.17, 15) is 9.18 Å². The zero-order valence-electron chi connectivity index (χ0n) is 14.0. The molecule has 6 heteroatoms. The van der Waals surface area contributed by atoms with E-state index in [1.807, 2.05) is 37.3 Å². The molecular formula is C19H21ClFNO2S. The zero-order valence-corrected chi connectivity index (χ0v) is 15.6. The van der Waals surface area contributed by atoms with Gasteiger partial charge in [-0.25, -0.2) is 4.39 Å². The van der Waals surface area contributed by atoms with Crippen LogP contribution in [0.3, 0.4) is 0 Å². The normalized spacial score (nSPS) is 11.8. The van der Waals surface area contributed by atoms with Gasteiger partial charge in [-0.15, -0.1) is 0 Å². The first-order valence-corrected chi connectivity index (χ1v) is 9.65. The Balaban J connectivity index is 1.72. The number of nitrogens with one attached hydrogen (secondary N) is 1. The van der Waals surface area contributed by atoms with Gasteiger partial charge in [0.15, 0.2) is 6.10 Å². The Hall–Kier alpha value is -1.72. The molecule has 0 spiro atoms. The van der Waals surface area contributed by atoms with Crippen molar-refractivity contribution in [3.63, 3.8) is 0 Å². The third kappa shape index (κ3) is 6.25. The zero-order chi connectivity index (χ0) is 18.1. The lowest BCUT2D eigenvalue weighted by Gasteiger charge is -2.17. The molecule has 2 aromatic rings. The summed E-state index contributed by atoms with van der Waals surface area (Å²) in [6, 6.07) is 13.9. The van der Waals surface area contributed by atoms with Crippen molar-refractivity contribution in [3.05, 3.63) is 64.9 Å². The summed E-state index contributed by atoms with van der Waals surface area (Å²) in [6.07, 6.45) is 0.0621. The van der Waals surface area contributed by atoms with Crippen LogP contribution in [0.15, 0.2) is 48.5 Å². The largest absolute Gasteiger partial charge is 0.481 e. The van der Waals surface area contributed by atoms with E-state index >= 15 is 0 Å². The lowest BCUT2D eigenvalue weighted by atomic mass is 10.2. The van der Waals surface area contributed by atoms with Crippen LogP contribution >= 0.6 is 23.4 Å². The van der Waals surface area contributed by atoms with Crippen molar-refractivity contribution in [2.24, 2.45) is 0 Å². The molecule has 1 atom stereocenters. The molecular weight excluding hydrogens is 361 g/mol. The third-order valence-corrected chi connectivity index (χ3v) is 4.88. The molecule has 25 heavy (non-hydrogen) atoms. The monoisotopic (exact) mass is 381 g/mol. The Kier molecular flexibility index (Phi) is 8.09. The van der Waals surface area contributed by atoms with Crippen molar-refractivity contribution in [2.75, 3.05) is 12.3 Å². The Morgan fingerprint density at radius 1 is 1.24 bits per heavy atom. The summed E-state index contributed by atoms with van der Waals surface area (Å²) < 4.78 is 19.4. The van der Waals surface area contributed by atoms with Gasteiger partial charge in [-0.2, -0.15) is 11.8 Å². The van der Waals surface area contributed by atoms with Crippen LogP contribution in [0.4, 0.5) is 4.39 Å². The highest BCUT2D eigenvalue weighted by Gasteiger charge is 2.17. The number of benzene rings is 2. The highest BCUT2D eigenvalue weighted by Crippen LogP contribution is 2.23. The number of halogens is 2. The van der Waals surface area contributed by atoms with Crippen LogP contribution in [0.1, 0.15) is 18.9 Å². The van der Waals surface area contributed by atoms with E-state index in [1.165, 1.54) is 17.8 Å². The van der Waals surface area contributed by atoms with Crippen LogP contribution in [0.2, 0.25) is 5.02 Å². The van der Waals surface area contributed by atoms with E-state index in [1.54, 1.807) is 12.1 Å². The van der Waals surface area contributed by atoms with Crippen LogP contribution in [0, 0.1) is 5.82 Å². The first kappa shape index (κ1) is 19.6. The van der Waals surface area contributed by atoms with Gasteiger partial charge in [-0.05, 0) is 30.7 Å². The van der Waals surface area contributed by atoms with Crippen molar-refractivity contribution in [1.82, 2.24) is 5.32 Å². The average Bonchev–Trinajstić information content (AvgIpc) is 2.62. The van der Waals surface area contributed by atoms with E-state index in [0.29, 0.717) is 40.8 Å². The van der Waals surface area contributed by atoms with Crippen LogP contribution in [0.25, 0.3) is 0 Å². The first-order chi connectivity index (χ1) is 12.1. The predicted molar refractivity (Wildman–Crippen MR) is 102 cm³/mol. The van der Waals surface area contributed by atoms with Crippen LogP contribution in [0.5, 0.6) is 5.75 Å². The molecule has 0 aromatic heterocycles. The fourth-order valence-electron chi connectivity index (χ4n) is 2.19. The van der Waals surface area contributed by atoms with Gasteiger partial charge in [0.1, 0.15) is 11.6 Å². The summed E-state index contributed by atoms with van der Waals surface area (Å²) in [4.78, 5) is 12.2. The topological polar surface area (TPSA) is 38.3 Å². The molecule has 0 saturated heterocycles. The molecule has 2 rings (SSSR count). The quantitative estimate of drug-likeness (QED) is 0.640. The Morgan fingerprint density at radius 2 is 2.00 bits per heavy atom. The molecule has 1 N–H and O–H groups in total. The van der Waals surface area contributed by atoms with E-state index < -0.39 is 6.10 Å². The molecule has 3 nitrogen and oxygen atoms in total. The summed E-state index contributed by atoms with van der Waals surface area (Å²) in [5.74, 6) is 1.37. The summed E-state index contributed by atoms with van der Waals surface area (Å²) in [5.41, 5.74) is 0.499. The Bertz CT molecular complexity index is 664. The smallest absolute Gasteiger partial charge is 0.261 e. The van der Waals surface area contributed by atoms with Crippen LogP contribution < -0.4 is 10.1 Å². The highest BCUT2D eigenvalue weighted by atomic mass is 35.5. The minimum atomic E-state index is -0.520. The average molecular weight is 382 g/mol. The molecule has 0 unspecified atom stereocenters. The van der Waals surface area contributed by atoms with Gasteiger partial charge in [0, 0.05) is 28.6 Å². The van der Waals surface area contributed by atoms with Crippen LogP contribution in [-0.2, 0) is 10.5 Å². The molecule has 0 radical (unpaired) electrons. The lowest BCUT2D eigenvalue weighted by molar-refractivity contribution is -0.127. The Morgan fingerprint density at radius 3 is 2.68 bits per heavy atom. The van der Waals surface area contributed by atoms with Gasteiger partial charge in [-0.1, -0.05) is 42.8 Å². The predicted octanol–water partition coefficient (Wildman–Crippen LogP) is 4.69. The number of hydrogen-bond acceptors (Lipinski definition) is 3. The maximum Gasteiger partial charge on any atom is 0.261 e. The SMILES string of the molecule is CC[C@H](Oc1ccccc1)C(=O)NCCSCc1c(F)cccc1Cl. The number of para-hydroxylation sites is 1. The highest BCUT2D eigenvalue weighted by molar-refractivity contribution is 7.98. The lowest BCUT2D eigenvalue weighted by Crippen LogP contribution is -2.39. The molecule has 0 aliphatic rings. The van der Waals surface area contributed by atoms with E-state index in [-0.39, 0.29) is 11.7 Å². The summed E-state index contributed by atoms with van der Waals surface area (Å²) in [5, 5.41) is 3.29. The Labute approximate surface area is 156 Å². The fourth-order valence-corrected chi connectivity index (χ4v) is 3.39. The second-order valence-corrected chi connectivity index (χ2v) is 6.88.